The van der Waals surface area contributed by atoms with Gasteiger partial charge in [-0.3, -0.25) is 4.79 Å². The molecule has 0 fully saturated rings. The van der Waals surface area contributed by atoms with Gasteiger partial charge >= 0.3 is 5.97 Å². The van der Waals surface area contributed by atoms with Crippen molar-refractivity contribution < 1.29 is 18.5 Å². The zero-order valence-electron chi connectivity index (χ0n) is 14.8. The molecule has 1 N–H and O–H groups in total. The molecular weight excluding hydrogens is 317 g/mol. The van der Waals surface area contributed by atoms with Gasteiger partial charge in [0.15, 0.2) is 0 Å². The lowest BCUT2D eigenvalue weighted by Gasteiger charge is -2.43. The minimum absolute atomic E-state index is 0.271. The van der Waals surface area contributed by atoms with Gasteiger partial charge in [-0.05, 0) is 47.6 Å². The van der Waals surface area contributed by atoms with Crippen molar-refractivity contribution in [2.45, 2.75) is 51.8 Å². The molecule has 0 amide bonds. The van der Waals surface area contributed by atoms with Crippen LogP contribution in [0.2, 0.25) is 0 Å². The molecule has 0 spiro atoms. The van der Waals surface area contributed by atoms with Crippen molar-refractivity contribution in [3.63, 3.8) is 0 Å². The summed E-state index contributed by atoms with van der Waals surface area (Å²) in [4.78, 5) is 12.3. The van der Waals surface area contributed by atoms with E-state index in [1.54, 1.807) is 39.0 Å². The van der Waals surface area contributed by atoms with Crippen molar-refractivity contribution in [3.05, 3.63) is 35.6 Å². The largest absolute Gasteiger partial charge is 0.598 e. The molecule has 23 heavy (non-hydrogen) atoms. The standard InChI is InChI=1S/C17H26FNO3S/c1-15(2,3)23(21)19-17(6,16(4,5)14(20)22-7)12-10-8-9-11-13(12)18/h8-11,19H,1-7H3/t17-,23+/m1/s1. The van der Waals surface area contributed by atoms with Crippen molar-refractivity contribution in [1.29, 1.82) is 0 Å². The molecule has 6 heteroatoms. The van der Waals surface area contributed by atoms with Gasteiger partial charge in [0, 0.05) is 16.9 Å². The van der Waals surface area contributed by atoms with Crippen molar-refractivity contribution in [2.75, 3.05) is 7.11 Å². The minimum atomic E-state index is -1.50. The summed E-state index contributed by atoms with van der Waals surface area (Å²) in [6.45, 7) is 10.4. The van der Waals surface area contributed by atoms with Crippen LogP contribution in [0.5, 0.6) is 0 Å². The number of nitrogens with one attached hydrogen (secondary N) is 1. The maximum Gasteiger partial charge on any atom is 0.313 e. The van der Waals surface area contributed by atoms with Crippen LogP contribution in [-0.2, 0) is 26.4 Å². The molecule has 0 radical (unpaired) electrons. The molecule has 0 aliphatic carbocycles. The Morgan fingerprint density at radius 2 is 1.70 bits per heavy atom. The van der Waals surface area contributed by atoms with Gasteiger partial charge in [-0.25, -0.2) is 4.39 Å². The fraction of sp³-hybridized carbons (Fsp3) is 0.588. The highest BCUT2D eigenvalue weighted by atomic mass is 32.2. The first-order valence-corrected chi connectivity index (χ1v) is 8.56. The Hall–Kier alpha value is -1.11. The first-order chi connectivity index (χ1) is 10.4. The smallest absolute Gasteiger partial charge is 0.313 e. The van der Waals surface area contributed by atoms with Gasteiger partial charge in [0.05, 0.1) is 12.5 Å². The highest BCUT2D eigenvalue weighted by Crippen LogP contribution is 2.42. The lowest BCUT2D eigenvalue weighted by atomic mass is 9.69. The van der Waals surface area contributed by atoms with Crippen LogP contribution in [0.4, 0.5) is 4.39 Å². The second-order valence-electron chi connectivity index (χ2n) is 7.20. The number of benzene rings is 1. The Kier molecular flexibility index (Phi) is 5.88. The van der Waals surface area contributed by atoms with E-state index in [0.717, 1.165) is 0 Å². The van der Waals surface area contributed by atoms with E-state index < -0.39 is 38.8 Å². The summed E-state index contributed by atoms with van der Waals surface area (Å²) in [5.41, 5.74) is -2.10. The van der Waals surface area contributed by atoms with Gasteiger partial charge in [0.2, 0.25) is 0 Å². The Bertz CT molecular complexity index is 571. The third kappa shape index (κ3) is 3.87. The highest BCUT2D eigenvalue weighted by Gasteiger charge is 2.53. The quantitative estimate of drug-likeness (QED) is 0.658. The molecule has 1 aromatic rings. The van der Waals surface area contributed by atoms with E-state index in [0.29, 0.717) is 0 Å². The second-order valence-corrected chi connectivity index (χ2v) is 9.17. The number of esters is 1. The van der Waals surface area contributed by atoms with E-state index in [1.165, 1.54) is 13.2 Å². The molecule has 0 aromatic heterocycles. The number of hydrogen-bond donors (Lipinski definition) is 1. The molecule has 2 atom stereocenters. The first-order valence-electron chi connectivity index (χ1n) is 7.41. The molecule has 0 saturated heterocycles. The van der Waals surface area contributed by atoms with E-state index in [1.807, 2.05) is 20.8 Å². The van der Waals surface area contributed by atoms with Crippen molar-refractivity contribution in [2.24, 2.45) is 5.41 Å². The monoisotopic (exact) mass is 343 g/mol. The average Bonchev–Trinajstić information content (AvgIpc) is 2.45. The molecular formula is C17H26FNO3S. The van der Waals surface area contributed by atoms with Crippen LogP contribution in [0.15, 0.2) is 24.3 Å². The molecule has 130 valence electrons. The Balaban J connectivity index is 3.49. The SMILES string of the molecule is COC(=O)C(C)(C)[C@](C)(N[S@@+]([O-])C(C)(C)C)c1ccccc1F. The van der Waals surface area contributed by atoms with Gasteiger partial charge in [-0.15, -0.1) is 4.72 Å². The van der Waals surface area contributed by atoms with Crippen LogP contribution in [0.3, 0.4) is 0 Å². The van der Waals surface area contributed by atoms with E-state index >= 15 is 0 Å². The van der Waals surface area contributed by atoms with Gasteiger partial charge in [0.1, 0.15) is 16.1 Å². The number of methoxy groups -OCH3 is 1. The fourth-order valence-corrected chi connectivity index (χ4v) is 3.23. The summed E-state index contributed by atoms with van der Waals surface area (Å²) in [6.07, 6.45) is 0. The average molecular weight is 343 g/mol. The third-order valence-electron chi connectivity index (χ3n) is 4.21. The van der Waals surface area contributed by atoms with Gasteiger partial charge in [-0.1, -0.05) is 18.2 Å². The van der Waals surface area contributed by atoms with Crippen LogP contribution in [0.1, 0.15) is 47.1 Å². The number of hydrogen-bond acceptors (Lipinski definition) is 4. The molecule has 4 nitrogen and oxygen atoms in total. The number of carbonyl (C=O) groups excluding carboxylic acids is 1. The summed E-state index contributed by atoms with van der Waals surface area (Å²) in [5, 5.41) is 0. The second kappa shape index (κ2) is 6.79. The predicted molar refractivity (Wildman–Crippen MR) is 90.6 cm³/mol. The predicted octanol–water partition coefficient (Wildman–Crippen LogP) is 3.29. The Labute approximate surface area is 141 Å². The Morgan fingerprint density at radius 1 is 1.17 bits per heavy atom. The summed E-state index contributed by atoms with van der Waals surface area (Å²) in [7, 11) is 1.28. The topological polar surface area (TPSA) is 61.4 Å². The Morgan fingerprint density at radius 3 is 2.13 bits per heavy atom. The minimum Gasteiger partial charge on any atom is -0.598 e. The van der Waals surface area contributed by atoms with E-state index in [4.69, 9.17) is 4.74 Å². The molecule has 0 aliphatic rings. The summed E-state index contributed by atoms with van der Waals surface area (Å²) >= 11 is -1.50. The zero-order chi connectivity index (χ0) is 18.1. The van der Waals surface area contributed by atoms with Crippen LogP contribution >= 0.6 is 0 Å². The number of rotatable bonds is 5. The summed E-state index contributed by atoms with van der Waals surface area (Å²) in [6, 6.07) is 6.17. The number of carbonyl (C=O) groups is 1. The molecule has 1 aromatic carbocycles. The van der Waals surface area contributed by atoms with Crippen molar-refractivity contribution in [1.82, 2.24) is 4.72 Å². The molecule has 0 aliphatic heterocycles. The molecule has 0 saturated carbocycles. The van der Waals surface area contributed by atoms with Gasteiger partial charge in [-0.2, -0.15) is 0 Å². The number of halogens is 1. The van der Waals surface area contributed by atoms with E-state index in [-0.39, 0.29) is 5.56 Å². The molecule has 0 unspecified atom stereocenters. The third-order valence-corrected chi connectivity index (χ3v) is 5.92. The molecule has 0 heterocycles. The summed E-state index contributed by atoms with van der Waals surface area (Å²) < 4.78 is 34.4. The summed E-state index contributed by atoms with van der Waals surface area (Å²) in [5.74, 6) is -0.980. The van der Waals surface area contributed by atoms with Crippen LogP contribution in [0.25, 0.3) is 0 Å². The maximum absolute atomic E-state index is 14.4. The zero-order valence-corrected chi connectivity index (χ0v) is 15.6. The van der Waals surface area contributed by atoms with Gasteiger partial charge in [0.25, 0.3) is 0 Å². The van der Waals surface area contributed by atoms with Crippen LogP contribution in [-0.4, -0.2) is 22.4 Å². The lowest BCUT2D eigenvalue weighted by molar-refractivity contribution is -0.155. The fourth-order valence-electron chi connectivity index (χ4n) is 2.18. The lowest BCUT2D eigenvalue weighted by Crippen LogP contribution is -2.59. The van der Waals surface area contributed by atoms with Crippen LogP contribution in [0, 0.1) is 11.2 Å². The van der Waals surface area contributed by atoms with E-state index in [2.05, 4.69) is 4.72 Å². The molecule has 1 rings (SSSR count). The first kappa shape index (κ1) is 19.9. The van der Waals surface area contributed by atoms with Gasteiger partial charge < -0.3 is 9.29 Å². The van der Waals surface area contributed by atoms with Crippen molar-refractivity contribution >= 4 is 17.3 Å². The van der Waals surface area contributed by atoms with Crippen molar-refractivity contribution in [3.8, 4) is 0 Å². The normalized spacial score (nSPS) is 16.6. The maximum atomic E-state index is 14.4. The number of ether oxygens (including phenoxy) is 1. The molecule has 0 bridgehead atoms. The van der Waals surface area contributed by atoms with Crippen LogP contribution < -0.4 is 4.72 Å². The highest BCUT2D eigenvalue weighted by molar-refractivity contribution is 7.90. The van der Waals surface area contributed by atoms with E-state index in [9.17, 15) is 13.7 Å².